The van der Waals surface area contributed by atoms with Gasteiger partial charge in [0, 0.05) is 33.9 Å². The van der Waals surface area contributed by atoms with Crippen LogP contribution in [0, 0.1) is 0 Å². The van der Waals surface area contributed by atoms with Crippen LogP contribution in [-0.2, 0) is 6.42 Å². The molecule has 0 unspecified atom stereocenters. The maximum Gasteiger partial charge on any atom is 0.0985 e. The van der Waals surface area contributed by atoms with E-state index in [1.54, 1.807) is 0 Å². The van der Waals surface area contributed by atoms with E-state index in [0.717, 1.165) is 33.9 Å². The molecule has 0 spiro atoms. The van der Waals surface area contributed by atoms with Gasteiger partial charge in [0.25, 0.3) is 0 Å². The van der Waals surface area contributed by atoms with Gasteiger partial charge in [-0.05, 0) is 58.7 Å². The van der Waals surface area contributed by atoms with Crippen LogP contribution in [0.15, 0.2) is 97.3 Å². The number of nitrogens with zero attached hydrogens (tertiary/aromatic N) is 3. The van der Waals surface area contributed by atoms with Crippen molar-refractivity contribution in [2.24, 2.45) is 0 Å². The number of pyridine rings is 2. The van der Waals surface area contributed by atoms with Crippen LogP contribution in [0.2, 0.25) is 0 Å². The van der Waals surface area contributed by atoms with Crippen LogP contribution < -0.4 is 0 Å². The minimum atomic E-state index is 0.939. The topological polar surface area (TPSA) is 30.7 Å². The monoisotopic (exact) mass is 433 g/mol. The molecule has 8 rings (SSSR count). The lowest BCUT2D eigenvalue weighted by molar-refractivity contribution is 1.18. The second-order valence-corrected chi connectivity index (χ2v) is 9.02. The zero-order valence-electron chi connectivity index (χ0n) is 18.4. The second kappa shape index (κ2) is 6.52. The molecule has 0 radical (unpaired) electrons. The molecule has 3 heterocycles. The van der Waals surface area contributed by atoms with E-state index in [4.69, 9.17) is 4.98 Å². The molecule has 3 nitrogen and oxygen atoms in total. The highest BCUT2D eigenvalue weighted by atomic mass is 15.0. The number of rotatable bonds is 1. The van der Waals surface area contributed by atoms with Crippen molar-refractivity contribution in [1.29, 1.82) is 0 Å². The average molecular weight is 434 g/mol. The van der Waals surface area contributed by atoms with Crippen molar-refractivity contribution in [1.82, 2.24) is 14.5 Å². The van der Waals surface area contributed by atoms with E-state index in [2.05, 4.69) is 94.5 Å². The van der Waals surface area contributed by atoms with Crippen LogP contribution >= 0.6 is 0 Å². The quantitative estimate of drug-likeness (QED) is 0.250. The first kappa shape index (κ1) is 18.0. The van der Waals surface area contributed by atoms with Gasteiger partial charge in [-0.15, -0.1) is 0 Å². The van der Waals surface area contributed by atoms with E-state index in [1.807, 2.05) is 18.5 Å². The highest BCUT2D eigenvalue weighted by Gasteiger charge is 2.21. The third-order valence-corrected chi connectivity index (χ3v) is 7.26. The molecule has 0 fully saturated rings. The fourth-order valence-corrected chi connectivity index (χ4v) is 5.88. The van der Waals surface area contributed by atoms with Crippen LogP contribution in [0.1, 0.15) is 11.1 Å². The molecule has 0 bridgehead atoms. The van der Waals surface area contributed by atoms with Crippen molar-refractivity contribution in [2.45, 2.75) is 6.42 Å². The number of hydrogen-bond acceptors (Lipinski definition) is 2. The van der Waals surface area contributed by atoms with E-state index >= 15 is 0 Å². The molecule has 0 atom stereocenters. The largest absolute Gasteiger partial charge is 0.308 e. The maximum atomic E-state index is 4.76. The molecule has 0 saturated carbocycles. The molecule has 0 N–H and O–H groups in total. The van der Waals surface area contributed by atoms with Gasteiger partial charge in [-0.25, -0.2) is 0 Å². The lowest BCUT2D eigenvalue weighted by atomic mass is 9.90. The number of allylic oxidation sites excluding steroid dienone is 1. The summed E-state index contributed by atoms with van der Waals surface area (Å²) in [7, 11) is 0. The lowest BCUT2D eigenvalue weighted by Gasteiger charge is -2.16. The van der Waals surface area contributed by atoms with Crippen molar-refractivity contribution in [2.75, 3.05) is 0 Å². The van der Waals surface area contributed by atoms with Gasteiger partial charge in [0.1, 0.15) is 0 Å². The Bertz CT molecular complexity index is 1990. The molecular weight excluding hydrogens is 414 g/mol. The van der Waals surface area contributed by atoms with Crippen molar-refractivity contribution in [3.63, 3.8) is 0 Å². The Kier molecular flexibility index (Phi) is 3.45. The molecule has 34 heavy (non-hydrogen) atoms. The molecule has 0 saturated heterocycles. The molecule has 3 heteroatoms. The van der Waals surface area contributed by atoms with Gasteiger partial charge in [0.2, 0.25) is 0 Å². The van der Waals surface area contributed by atoms with Crippen molar-refractivity contribution < 1.29 is 0 Å². The standard InChI is InChI=1S/C31H19N3/c1-2-12-25-22(10-1)29-24-11-4-7-19-6-3-8-21(28(19)24)18-27(29)34(25)26-15-17-33-31-23(26)14-13-20-9-5-16-32-30(20)31/h1-10,12-18H,11H2. The van der Waals surface area contributed by atoms with Crippen LogP contribution in [0.3, 0.4) is 0 Å². The molecule has 1 aliphatic rings. The lowest BCUT2D eigenvalue weighted by Crippen LogP contribution is -1.99. The SMILES string of the molecule is C1=Cc2cccc3cc4c(c(c23)C1)c1ccccc1n4-c1ccnc2c1ccc1cccnc12. The molecule has 1 aliphatic carbocycles. The van der Waals surface area contributed by atoms with Gasteiger partial charge in [-0.3, -0.25) is 9.97 Å². The van der Waals surface area contributed by atoms with E-state index in [0.29, 0.717) is 0 Å². The van der Waals surface area contributed by atoms with Crippen LogP contribution in [0.25, 0.3) is 66.1 Å². The Balaban J connectivity index is 1.59. The van der Waals surface area contributed by atoms with Crippen LogP contribution in [-0.4, -0.2) is 14.5 Å². The summed E-state index contributed by atoms with van der Waals surface area (Å²) in [5.41, 5.74) is 8.21. The van der Waals surface area contributed by atoms with Crippen LogP contribution in [0.4, 0.5) is 0 Å². The molecule has 4 aromatic carbocycles. The summed E-state index contributed by atoms with van der Waals surface area (Å²) in [5.74, 6) is 0. The van der Waals surface area contributed by atoms with Gasteiger partial charge in [-0.2, -0.15) is 0 Å². The molecule has 3 aromatic heterocycles. The summed E-state index contributed by atoms with van der Waals surface area (Å²) < 4.78 is 2.42. The normalized spacial score (nSPS) is 13.1. The Morgan fingerprint density at radius 2 is 1.56 bits per heavy atom. The third-order valence-electron chi connectivity index (χ3n) is 7.26. The van der Waals surface area contributed by atoms with Gasteiger partial charge < -0.3 is 4.57 Å². The molecule has 0 amide bonds. The number of fused-ring (bicyclic) bond motifs is 7. The van der Waals surface area contributed by atoms with E-state index in [1.165, 1.54) is 43.7 Å². The molecule has 0 aliphatic heterocycles. The van der Waals surface area contributed by atoms with Crippen molar-refractivity contribution in [3.8, 4) is 5.69 Å². The average Bonchev–Trinajstić information content (AvgIpc) is 3.22. The predicted octanol–water partition coefficient (Wildman–Crippen LogP) is 7.60. The summed E-state index contributed by atoms with van der Waals surface area (Å²) >= 11 is 0. The fraction of sp³-hybridized carbons (Fsp3) is 0.0323. The fourth-order valence-electron chi connectivity index (χ4n) is 5.88. The Hall–Kier alpha value is -4.50. The van der Waals surface area contributed by atoms with Gasteiger partial charge >= 0.3 is 0 Å². The van der Waals surface area contributed by atoms with E-state index in [9.17, 15) is 0 Å². The summed E-state index contributed by atoms with van der Waals surface area (Å²) in [4.78, 5) is 9.42. The zero-order valence-corrected chi connectivity index (χ0v) is 18.4. The summed E-state index contributed by atoms with van der Waals surface area (Å²) in [6.45, 7) is 0. The Labute approximate surface area is 195 Å². The van der Waals surface area contributed by atoms with Gasteiger partial charge in [0.15, 0.2) is 0 Å². The predicted molar refractivity (Wildman–Crippen MR) is 142 cm³/mol. The Morgan fingerprint density at radius 1 is 0.647 bits per heavy atom. The molecule has 7 aromatic rings. The summed E-state index contributed by atoms with van der Waals surface area (Å²) in [5, 5.41) is 7.54. The van der Waals surface area contributed by atoms with Gasteiger partial charge in [-0.1, -0.05) is 60.7 Å². The number of hydrogen-bond donors (Lipinski definition) is 0. The zero-order chi connectivity index (χ0) is 22.2. The number of benzene rings is 4. The summed E-state index contributed by atoms with van der Waals surface area (Å²) in [6.07, 6.45) is 9.26. The highest BCUT2D eigenvalue weighted by Crippen LogP contribution is 2.42. The smallest absolute Gasteiger partial charge is 0.0985 e. The van der Waals surface area contributed by atoms with Crippen LogP contribution in [0.5, 0.6) is 0 Å². The maximum absolute atomic E-state index is 4.76. The van der Waals surface area contributed by atoms with E-state index < -0.39 is 0 Å². The first-order valence-electron chi connectivity index (χ1n) is 11.7. The Morgan fingerprint density at radius 3 is 2.56 bits per heavy atom. The first-order chi connectivity index (χ1) is 16.9. The second-order valence-electron chi connectivity index (χ2n) is 9.02. The minimum Gasteiger partial charge on any atom is -0.308 e. The molecule has 158 valence electrons. The first-order valence-corrected chi connectivity index (χ1v) is 11.7. The number of aromatic nitrogens is 3. The van der Waals surface area contributed by atoms with Gasteiger partial charge in [0.05, 0.1) is 27.8 Å². The third kappa shape index (κ3) is 2.26. The summed E-state index contributed by atoms with van der Waals surface area (Å²) in [6, 6.07) is 28.3. The number of para-hydroxylation sites is 1. The molecular formula is C31H19N3. The minimum absolute atomic E-state index is 0.939. The van der Waals surface area contributed by atoms with Crippen molar-refractivity contribution >= 4 is 60.5 Å². The van der Waals surface area contributed by atoms with E-state index in [-0.39, 0.29) is 0 Å². The highest BCUT2D eigenvalue weighted by molar-refractivity contribution is 6.18. The van der Waals surface area contributed by atoms with Crippen molar-refractivity contribution in [3.05, 3.63) is 108 Å².